The summed E-state index contributed by atoms with van der Waals surface area (Å²) >= 11 is 3.46. The second kappa shape index (κ2) is 11.1. The molecule has 0 fully saturated rings. The fraction of sp³-hybridized carbons (Fsp3) is 0.174. The fourth-order valence-electron chi connectivity index (χ4n) is 2.77. The van der Waals surface area contributed by atoms with E-state index in [1.165, 1.54) is 0 Å². The number of nitrogens with zero attached hydrogens (tertiary/aromatic N) is 1. The lowest BCUT2D eigenvalue weighted by Gasteiger charge is -2.16. The number of hydrogen-bond donors (Lipinski definition) is 3. The van der Waals surface area contributed by atoms with Crippen molar-refractivity contribution in [2.24, 2.45) is 0 Å². The Hall–Kier alpha value is -3.39. The van der Waals surface area contributed by atoms with Crippen LogP contribution in [0.4, 0.5) is 16.2 Å². The van der Waals surface area contributed by atoms with Crippen molar-refractivity contribution in [2.75, 3.05) is 23.7 Å². The summed E-state index contributed by atoms with van der Waals surface area (Å²) in [6, 6.07) is 20.3. The molecule has 1 heterocycles. The molecule has 0 radical (unpaired) electrons. The zero-order valence-corrected chi connectivity index (χ0v) is 18.6. The number of aromatic nitrogens is 1. The molecule has 0 aliphatic rings. The SMILES string of the molecule is CC(OC(=O)NCCNc1ccccc1)c1ccc(NC(=O)c2ccccn2)c(Br)c1. The third kappa shape index (κ3) is 6.82. The van der Waals surface area contributed by atoms with E-state index in [1.807, 2.05) is 36.4 Å². The number of anilines is 2. The van der Waals surface area contributed by atoms with Gasteiger partial charge in [0.15, 0.2) is 0 Å². The summed E-state index contributed by atoms with van der Waals surface area (Å²) in [5, 5.41) is 8.74. The number of hydrogen-bond acceptors (Lipinski definition) is 5. The molecule has 1 atom stereocenters. The molecule has 0 spiro atoms. The van der Waals surface area contributed by atoms with Gasteiger partial charge in [-0.3, -0.25) is 9.78 Å². The zero-order chi connectivity index (χ0) is 22.1. The van der Waals surface area contributed by atoms with Crippen LogP contribution in [0.15, 0.2) is 77.4 Å². The summed E-state index contributed by atoms with van der Waals surface area (Å²) < 4.78 is 6.12. The van der Waals surface area contributed by atoms with Crippen molar-refractivity contribution in [3.8, 4) is 0 Å². The normalized spacial score (nSPS) is 11.3. The van der Waals surface area contributed by atoms with Crippen LogP contribution in [0.1, 0.15) is 29.1 Å². The highest BCUT2D eigenvalue weighted by molar-refractivity contribution is 9.10. The highest BCUT2D eigenvalue weighted by atomic mass is 79.9. The smallest absolute Gasteiger partial charge is 0.407 e. The maximum absolute atomic E-state index is 12.3. The molecular formula is C23H23BrN4O3. The van der Waals surface area contributed by atoms with Gasteiger partial charge in [-0.15, -0.1) is 0 Å². The van der Waals surface area contributed by atoms with Crippen LogP contribution >= 0.6 is 15.9 Å². The minimum absolute atomic E-state index is 0.304. The second-order valence-electron chi connectivity index (χ2n) is 6.68. The molecule has 0 aliphatic heterocycles. The molecule has 3 N–H and O–H groups in total. The molecule has 0 bridgehead atoms. The summed E-state index contributed by atoms with van der Waals surface area (Å²) in [5.41, 5.74) is 2.71. The molecule has 2 aromatic carbocycles. The maximum Gasteiger partial charge on any atom is 0.407 e. The maximum atomic E-state index is 12.3. The Labute approximate surface area is 189 Å². The minimum Gasteiger partial charge on any atom is -0.442 e. The van der Waals surface area contributed by atoms with Gasteiger partial charge in [0.25, 0.3) is 5.91 Å². The van der Waals surface area contributed by atoms with Crippen LogP contribution < -0.4 is 16.0 Å². The van der Waals surface area contributed by atoms with Gasteiger partial charge in [-0.25, -0.2) is 4.79 Å². The van der Waals surface area contributed by atoms with Gasteiger partial charge in [0.05, 0.1) is 5.69 Å². The Morgan fingerprint density at radius 1 is 1.03 bits per heavy atom. The Morgan fingerprint density at radius 2 is 1.81 bits per heavy atom. The molecule has 31 heavy (non-hydrogen) atoms. The number of nitrogens with one attached hydrogen (secondary N) is 3. The molecule has 0 saturated carbocycles. The molecule has 160 valence electrons. The van der Waals surface area contributed by atoms with Crippen molar-refractivity contribution in [1.82, 2.24) is 10.3 Å². The van der Waals surface area contributed by atoms with E-state index in [1.54, 1.807) is 43.5 Å². The Morgan fingerprint density at radius 3 is 2.52 bits per heavy atom. The van der Waals surface area contributed by atoms with E-state index in [0.717, 1.165) is 11.3 Å². The summed E-state index contributed by atoms with van der Waals surface area (Å²) in [4.78, 5) is 28.4. The largest absolute Gasteiger partial charge is 0.442 e. The highest BCUT2D eigenvalue weighted by Crippen LogP contribution is 2.28. The fourth-order valence-corrected chi connectivity index (χ4v) is 3.26. The average molecular weight is 483 g/mol. The van der Waals surface area contributed by atoms with Gasteiger partial charge in [0, 0.05) is 29.4 Å². The molecule has 2 amide bonds. The Balaban J connectivity index is 1.47. The number of amides is 2. The van der Waals surface area contributed by atoms with Gasteiger partial charge >= 0.3 is 6.09 Å². The van der Waals surface area contributed by atoms with Crippen LogP contribution in [0, 0.1) is 0 Å². The molecule has 8 heteroatoms. The van der Waals surface area contributed by atoms with Crippen molar-refractivity contribution in [2.45, 2.75) is 13.0 Å². The Kier molecular flexibility index (Phi) is 8.00. The lowest BCUT2D eigenvalue weighted by Crippen LogP contribution is -2.30. The minimum atomic E-state index is -0.494. The van der Waals surface area contributed by atoms with Crippen LogP contribution in [0.2, 0.25) is 0 Å². The molecule has 0 saturated heterocycles. The summed E-state index contributed by atoms with van der Waals surface area (Å²) in [6.45, 7) is 2.81. The molecule has 3 aromatic rings. The first-order valence-corrected chi connectivity index (χ1v) is 10.6. The zero-order valence-electron chi connectivity index (χ0n) is 17.0. The van der Waals surface area contributed by atoms with Crippen molar-refractivity contribution >= 4 is 39.3 Å². The van der Waals surface area contributed by atoms with Crippen LogP contribution in [0.25, 0.3) is 0 Å². The first-order chi connectivity index (χ1) is 15.0. The van der Waals surface area contributed by atoms with Gasteiger partial charge < -0.3 is 20.7 Å². The van der Waals surface area contributed by atoms with E-state index in [0.29, 0.717) is 28.9 Å². The number of carbonyl (C=O) groups is 2. The van der Waals surface area contributed by atoms with Crippen LogP contribution in [0.3, 0.4) is 0 Å². The quantitative estimate of drug-likeness (QED) is 0.393. The monoisotopic (exact) mass is 482 g/mol. The Bertz CT molecular complexity index is 1020. The number of carbonyl (C=O) groups excluding carboxylic acids is 2. The van der Waals surface area contributed by atoms with E-state index >= 15 is 0 Å². The lowest BCUT2D eigenvalue weighted by molar-refractivity contribution is 0.102. The number of benzene rings is 2. The third-order valence-electron chi connectivity index (χ3n) is 4.39. The second-order valence-corrected chi connectivity index (χ2v) is 7.53. The van der Waals surface area contributed by atoms with Crippen LogP contribution in [-0.2, 0) is 4.74 Å². The number of pyridine rings is 1. The van der Waals surface area contributed by atoms with Crippen LogP contribution in [0.5, 0.6) is 0 Å². The number of alkyl carbamates (subject to hydrolysis) is 1. The van der Waals surface area contributed by atoms with Gasteiger partial charge in [0.2, 0.25) is 0 Å². The van der Waals surface area contributed by atoms with Gasteiger partial charge in [-0.05, 0) is 64.8 Å². The first kappa shape index (κ1) is 22.3. The summed E-state index contributed by atoms with van der Waals surface area (Å²) in [6.07, 6.45) is 0.611. The molecule has 7 nitrogen and oxygen atoms in total. The average Bonchev–Trinajstić information content (AvgIpc) is 2.79. The lowest BCUT2D eigenvalue weighted by atomic mass is 10.1. The van der Waals surface area contributed by atoms with Gasteiger partial charge in [-0.1, -0.05) is 30.3 Å². The topological polar surface area (TPSA) is 92.4 Å². The third-order valence-corrected chi connectivity index (χ3v) is 5.05. The molecule has 1 aromatic heterocycles. The van der Waals surface area contributed by atoms with Crippen molar-refractivity contribution < 1.29 is 14.3 Å². The van der Waals surface area contributed by atoms with Crippen molar-refractivity contribution in [1.29, 1.82) is 0 Å². The van der Waals surface area contributed by atoms with Crippen molar-refractivity contribution in [3.05, 3.63) is 88.7 Å². The van der Waals surface area contributed by atoms with E-state index in [2.05, 4.69) is 36.9 Å². The van der Waals surface area contributed by atoms with E-state index in [-0.39, 0.29) is 5.91 Å². The standard InChI is InChI=1S/C23H23BrN4O3/c1-16(31-23(30)27-14-13-25-18-7-3-2-4-8-18)17-10-11-20(19(24)15-17)28-22(29)21-9-5-6-12-26-21/h2-12,15-16,25H,13-14H2,1H3,(H,27,30)(H,28,29). The summed E-state index contributed by atoms with van der Waals surface area (Å²) in [5.74, 6) is -0.304. The van der Waals surface area contributed by atoms with E-state index in [4.69, 9.17) is 4.74 Å². The molecule has 1 unspecified atom stereocenters. The van der Waals surface area contributed by atoms with Crippen LogP contribution in [-0.4, -0.2) is 30.1 Å². The summed E-state index contributed by atoms with van der Waals surface area (Å²) in [7, 11) is 0. The van der Waals surface area contributed by atoms with E-state index in [9.17, 15) is 9.59 Å². The molecule has 0 aliphatic carbocycles. The predicted octanol–water partition coefficient (Wildman–Crippen LogP) is 5.00. The van der Waals surface area contributed by atoms with E-state index < -0.39 is 12.2 Å². The molecular weight excluding hydrogens is 460 g/mol. The number of para-hydroxylation sites is 1. The van der Waals surface area contributed by atoms with Gasteiger partial charge in [-0.2, -0.15) is 0 Å². The number of ether oxygens (including phenoxy) is 1. The van der Waals surface area contributed by atoms with Crippen molar-refractivity contribution in [3.63, 3.8) is 0 Å². The highest BCUT2D eigenvalue weighted by Gasteiger charge is 2.14. The number of rotatable bonds is 8. The molecule has 3 rings (SSSR count). The predicted molar refractivity (Wildman–Crippen MR) is 124 cm³/mol. The number of halogens is 1. The first-order valence-electron chi connectivity index (χ1n) is 9.78. The van der Waals surface area contributed by atoms with Gasteiger partial charge in [0.1, 0.15) is 11.8 Å².